The smallest absolute Gasteiger partial charge is 0.355 e. The Hall–Kier alpha value is -2.04. The molecule has 2 amide bonds. The number of amides is 2. The van der Waals surface area contributed by atoms with E-state index < -0.39 is 18.1 Å². The fourth-order valence-electron chi connectivity index (χ4n) is 4.47. The molecule has 1 aromatic heterocycles. The molecule has 10 heteroatoms. The van der Waals surface area contributed by atoms with Gasteiger partial charge in [-0.2, -0.15) is 0 Å². The van der Waals surface area contributed by atoms with Crippen LogP contribution in [0.15, 0.2) is 5.38 Å². The fourth-order valence-corrected chi connectivity index (χ4v) is 5.26. The third-order valence-corrected chi connectivity index (χ3v) is 7.90. The quantitative estimate of drug-likeness (QED) is 0.430. The summed E-state index contributed by atoms with van der Waals surface area (Å²) >= 11 is 1.09. The molecule has 0 aliphatic carbocycles. The topological polar surface area (TPSA) is 123 Å². The molecule has 0 spiro atoms. The minimum atomic E-state index is -1.14. The van der Waals surface area contributed by atoms with Gasteiger partial charge in [-0.05, 0) is 38.3 Å². The predicted octanol–water partition coefficient (Wildman–Crippen LogP) is 2.76. The maximum Gasteiger partial charge on any atom is 0.355 e. The molecule has 1 aliphatic heterocycles. The van der Waals surface area contributed by atoms with Crippen molar-refractivity contribution in [1.29, 1.82) is 0 Å². The summed E-state index contributed by atoms with van der Waals surface area (Å²) in [6.07, 6.45) is 2.82. The van der Waals surface area contributed by atoms with Crippen molar-refractivity contribution in [3.05, 3.63) is 16.1 Å². The summed E-state index contributed by atoms with van der Waals surface area (Å²) in [5, 5.41) is 24.6. The van der Waals surface area contributed by atoms with Crippen LogP contribution < -0.4 is 5.32 Å². The van der Waals surface area contributed by atoms with Crippen molar-refractivity contribution in [3.8, 4) is 0 Å². The lowest BCUT2D eigenvalue weighted by Crippen LogP contribution is -2.58. The Balaban J connectivity index is 2.16. The minimum absolute atomic E-state index is 0.0280. The summed E-state index contributed by atoms with van der Waals surface area (Å²) in [4.78, 5) is 45.5. The number of thiazole rings is 1. The third-order valence-electron chi connectivity index (χ3n) is 6.96. The summed E-state index contributed by atoms with van der Waals surface area (Å²) in [7, 11) is 3.65. The minimum Gasteiger partial charge on any atom is -0.476 e. The zero-order chi connectivity index (χ0) is 25.6. The van der Waals surface area contributed by atoms with Gasteiger partial charge in [-0.25, -0.2) is 9.78 Å². The lowest BCUT2D eigenvalue weighted by atomic mass is 9.92. The van der Waals surface area contributed by atoms with E-state index in [1.165, 1.54) is 5.38 Å². The van der Waals surface area contributed by atoms with Gasteiger partial charge in [0, 0.05) is 24.9 Å². The Labute approximate surface area is 206 Å². The van der Waals surface area contributed by atoms with Crippen LogP contribution in [0.4, 0.5) is 0 Å². The molecule has 0 radical (unpaired) electrons. The molecule has 2 heterocycles. The SMILES string of the molecule is CCC(C)[C@H](NC(=O)C1CCCCN1C)C(=O)N(C)[C@H](C[C@@H](O)c1nc(C(=O)O)cs1)C(C)C. The highest BCUT2D eigenvalue weighted by Crippen LogP contribution is 2.28. The fraction of sp³-hybridized carbons (Fsp3) is 0.750. The molecule has 0 bridgehead atoms. The molecular weight excluding hydrogens is 456 g/mol. The Morgan fingerprint density at radius 1 is 1.29 bits per heavy atom. The molecule has 1 saturated heterocycles. The van der Waals surface area contributed by atoms with E-state index in [1.807, 2.05) is 39.6 Å². The van der Waals surface area contributed by atoms with Gasteiger partial charge in [0.15, 0.2) is 5.69 Å². The molecule has 2 rings (SSSR count). The molecule has 1 fully saturated rings. The van der Waals surface area contributed by atoms with Gasteiger partial charge >= 0.3 is 5.97 Å². The molecule has 2 unspecified atom stereocenters. The Kier molecular flexibility index (Phi) is 10.5. The molecule has 34 heavy (non-hydrogen) atoms. The Morgan fingerprint density at radius 2 is 1.97 bits per heavy atom. The predicted molar refractivity (Wildman–Crippen MR) is 132 cm³/mol. The number of likely N-dealkylation sites (N-methyl/N-ethyl adjacent to an activating group) is 2. The van der Waals surface area contributed by atoms with Gasteiger partial charge in [0.1, 0.15) is 17.2 Å². The number of aromatic nitrogens is 1. The number of hydrogen-bond donors (Lipinski definition) is 3. The van der Waals surface area contributed by atoms with E-state index in [-0.39, 0.29) is 47.8 Å². The van der Waals surface area contributed by atoms with E-state index in [4.69, 9.17) is 5.11 Å². The maximum absolute atomic E-state index is 13.6. The monoisotopic (exact) mass is 496 g/mol. The lowest BCUT2D eigenvalue weighted by molar-refractivity contribution is -0.141. The normalized spacial score (nSPS) is 20.4. The van der Waals surface area contributed by atoms with Gasteiger partial charge in [0.2, 0.25) is 11.8 Å². The number of aliphatic hydroxyl groups is 1. The first kappa shape index (κ1) is 28.2. The van der Waals surface area contributed by atoms with Crippen molar-refractivity contribution in [3.63, 3.8) is 0 Å². The van der Waals surface area contributed by atoms with Crippen LogP contribution in [-0.4, -0.2) is 81.5 Å². The van der Waals surface area contributed by atoms with Crippen LogP contribution in [0.3, 0.4) is 0 Å². The largest absolute Gasteiger partial charge is 0.476 e. The van der Waals surface area contributed by atoms with Crippen molar-refractivity contribution < 1.29 is 24.6 Å². The highest BCUT2D eigenvalue weighted by molar-refractivity contribution is 7.09. The van der Waals surface area contributed by atoms with Gasteiger partial charge in [0.25, 0.3) is 0 Å². The van der Waals surface area contributed by atoms with Crippen LogP contribution in [0, 0.1) is 11.8 Å². The number of rotatable bonds is 11. The van der Waals surface area contributed by atoms with Gasteiger partial charge in [-0.3, -0.25) is 14.5 Å². The van der Waals surface area contributed by atoms with Crippen molar-refractivity contribution in [2.24, 2.45) is 11.8 Å². The number of nitrogens with one attached hydrogen (secondary N) is 1. The molecule has 192 valence electrons. The van der Waals surface area contributed by atoms with Crippen LogP contribution in [0.5, 0.6) is 0 Å². The number of carboxylic acid groups (broad SMARTS) is 1. The van der Waals surface area contributed by atoms with Crippen LogP contribution in [0.2, 0.25) is 0 Å². The number of carboxylic acids is 1. The standard InChI is InChI=1S/C24H40N4O5S/c1-7-15(4)20(26-21(30)17-10-8-9-11-27(17)5)23(31)28(6)18(14(2)3)12-19(29)22-25-16(13-34-22)24(32)33/h13-15,17-20,29H,7-12H2,1-6H3,(H,26,30)(H,32,33)/t15?,17?,18-,19-,20+/m1/s1. The van der Waals surface area contributed by atoms with Crippen LogP contribution >= 0.6 is 11.3 Å². The molecule has 1 aliphatic rings. The average Bonchev–Trinajstić information content (AvgIpc) is 3.30. The number of piperidine rings is 1. The summed E-state index contributed by atoms with van der Waals surface area (Å²) in [6.45, 7) is 8.77. The second-order valence-electron chi connectivity index (χ2n) is 9.75. The van der Waals surface area contributed by atoms with Gasteiger partial charge in [0.05, 0.1) is 6.04 Å². The van der Waals surface area contributed by atoms with Crippen molar-refractivity contribution >= 4 is 29.1 Å². The zero-order valence-corrected chi connectivity index (χ0v) is 22.0. The molecule has 0 saturated carbocycles. The highest BCUT2D eigenvalue weighted by atomic mass is 32.1. The second kappa shape index (κ2) is 12.6. The highest BCUT2D eigenvalue weighted by Gasteiger charge is 2.36. The first-order chi connectivity index (χ1) is 16.0. The lowest BCUT2D eigenvalue weighted by Gasteiger charge is -2.38. The molecule has 0 aromatic carbocycles. The zero-order valence-electron chi connectivity index (χ0n) is 21.2. The van der Waals surface area contributed by atoms with E-state index in [0.717, 1.165) is 43.6 Å². The summed E-state index contributed by atoms with van der Waals surface area (Å²) in [5.41, 5.74) is -0.100. The summed E-state index contributed by atoms with van der Waals surface area (Å²) in [5.74, 6) is -1.46. The van der Waals surface area contributed by atoms with E-state index >= 15 is 0 Å². The molecule has 3 N–H and O–H groups in total. The van der Waals surface area contributed by atoms with Crippen LogP contribution in [0.25, 0.3) is 0 Å². The maximum atomic E-state index is 13.6. The van der Waals surface area contributed by atoms with Gasteiger partial charge in [-0.15, -0.1) is 11.3 Å². The molecule has 5 atom stereocenters. The van der Waals surface area contributed by atoms with Crippen LogP contribution in [0.1, 0.15) is 81.4 Å². The number of hydrogen-bond acceptors (Lipinski definition) is 7. The third kappa shape index (κ3) is 6.99. The Bertz CT molecular complexity index is 845. The summed E-state index contributed by atoms with van der Waals surface area (Å²) < 4.78 is 0. The number of carbonyl (C=O) groups excluding carboxylic acids is 2. The first-order valence-electron chi connectivity index (χ1n) is 12.1. The molecule has 9 nitrogen and oxygen atoms in total. The average molecular weight is 497 g/mol. The number of aromatic carboxylic acids is 1. The first-order valence-corrected chi connectivity index (χ1v) is 13.0. The van der Waals surface area contributed by atoms with Crippen molar-refractivity contribution in [2.75, 3.05) is 20.6 Å². The molecular formula is C24H40N4O5S. The number of aliphatic hydroxyl groups excluding tert-OH is 1. The second-order valence-corrected chi connectivity index (χ2v) is 10.6. The van der Waals surface area contributed by atoms with E-state index in [1.54, 1.807) is 11.9 Å². The van der Waals surface area contributed by atoms with Gasteiger partial charge in [-0.1, -0.05) is 40.5 Å². The van der Waals surface area contributed by atoms with Crippen molar-refractivity contribution in [2.45, 2.75) is 84.0 Å². The number of nitrogens with zero attached hydrogens (tertiary/aromatic N) is 3. The summed E-state index contributed by atoms with van der Waals surface area (Å²) in [6, 6.07) is -1.20. The van der Waals surface area contributed by atoms with Crippen LogP contribution in [-0.2, 0) is 9.59 Å². The Morgan fingerprint density at radius 3 is 2.50 bits per heavy atom. The van der Waals surface area contributed by atoms with E-state index in [9.17, 15) is 19.5 Å². The van der Waals surface area contributed by atoms with Gasteiger partial charge < -0.3 is 20.4 Å². The molecule has 1 aromatic rings. The van der Waals surface area contributed by atoms with E-state index in [2.05, 4.69) is 10.3 Å². The van der Waals surface area contributed by atoms with E-state index in [0.29, 0.717) is 5.01 Å². The number of likely N-dealkylation sites (tertiary alicyclic amines) is 1. The number of carbonyl (C=O) groups is 3. The van der Waals surface area contributed by atoms with Crippen molar-refractivity contribution in [1.82, 2.24) is 20.1 Å².